The molecule has 3 aromatic rings. The minimum atomic E-state index is -1.40. The molecule has 1 atom stereocenters. The number of hydrogen-bond acceptors (Lipinski definition) is 12. The summed E-state index contributed by atoms with van der Waals surface area (Å²) < 4.78 is 14.9. The second kappa shape index (κ2) is 16.0. The Morgan fingerprint density at radius 1 is 1.04 bits per heavy atom. The smallest absolute Gasteiger partial charge is 0.253 e. The molecular formula is C35H47N9O5S. The Morgan fingerprint density at radius 3 is 2.48 bits per heavy atom. The van der Waals surface area contributed by atoms with Crippen LogP contribution in [-0.2, 0) is 15.9 Å². The summed E-state index contributed by atoms with van der Waals surface area (Å²) in [6, 6.07) is 20.6. The molecule has 2 fully saturated rings. The quantitative estimate of drug-likeness (QED) is 0.0800. The summed E-state index contributed by atoms with van der Waals surface area (Å²) in [6.07, 6.45) is 0.780. The van der Waals surface area contributed by atoms with E-state index in [2.05, 4.69) is 33.6 Å². The average Bonchev–Trinajstić information content (AvgIpc) is 3.85. The SMILES string of the molecule is C=CS(=O)Nc1ccccc1-c1ccc(C(=O)N2CCC(O)(CN(C)ON(N)N3c4ccc(ONCCN5CCN(C)CC5)cc43)CC2)cc1. The molecule has 0 spiro atoms. The molecule has 0 radical (unpaired) electrons. The third kappa shape index (κ3) is 8.87. The van der Waals surface area contributed by atoms with Crippen LogP contribution in [0.4, 0.5) is 17.1 Å². The molecule has 14 nitrogen and oxygen atoms in total. The molecule has 3 heterocycles. The zero-order valence-electron chi connectivity index (χ0n) is 28.7. The average molecular weight is 706 g/mol. The third-order valence-corrected chi connectivity index (χ3v) is 10.0. The van der Waals surface area contributed by atoms with E-state index in [1.165, 1.54) is 10.5 Å². The Labute approximate surface area is 296 Å². The van der Waals surface area contributed by atoms with Gasteiger partial charge >= 0.3 is 0 Å². The van der Waals surface area contributed by atoms with E-state index in [4.69, 9.17) is 15.6 Å². The van der Waals surface area contributed by atoms with Crippen LogP contribution in [-0.4, -0.2) is 119 Å². The molecule has 0 bridgehead atoms. The van der Waals surface area contributed by atoms with Crippen molar-refractivity contribution in [3.63, 3.8) is 0 Å². The number of nitrogens with one attached hydrogen (secondary N) is 2. The summed E-state index contributed by atoms with van der Waals surface area (Å²) in [5.41, 5.74) is 6.79. The number of anilines is 3. The highest BCUT2D eigenvalue weighted by molar-refractivity contribution is 7.89. The number of nitrogens with two attached hydrogens (primary N) is 1. The number of piperazine rings is 1. The van der Waals surface area contributed by atoms with E-state index in [1.807, 2.05) is 54.6 Å². The lowest BCUT2D eigenvalue weighted by molar-refractivity contribution is -0.327. The van der Waals surface area contributed by atoms with Crippen LogP contribution in [0, 0.1) is 0 Å². The summed E-state index contributed by atoms with van der Waals surface area (Å²) in [5, 5.41) is 17.0. The number of piperidine rings is 1. The number of carbonyl (C=O) groups excluding carboxylic acids is 1. The normalized spacial score (nSPS) is 18.2. The molecule has 0 aliphatic carbocycles. The first-order valence-corrected chi connectivity index (χ1v) is 18.0. The first-order chi connectivity index (χ1) is 24.1. The second-order valence-corrected chi connectivity index (χ2v) is 14.1. The molecule has 3 aliphatic heterocycles. The Morgan fingerprint density at radius 2 is 1.76 bits per heavy atom. The molecule has 0 saturated carbocycles. The third-order valence-electron chi connectivity index (χ3n) is 9.32. The maximum Gasteiger partial charge on any atom is 0.253 e. The Kier molecular flexibility index (Phi) is 11.5. The summed E-state index contributed by atoms with van der Waals surface area (Å²) >= 11 is 0. The number of likely N-dealkylation sites (tertiary alicyclic amines) is 1. The van der Waals surface area contributed by atoms with Crippen LogP contribution in [0.5, 0.6) is 5.75 Å². The van der Waals surface area contributed by atoms with Gasteiger partial charge in [-0.05, 0) is 61.1 Å². The van der Waals surface area contributed by atoms with Gasteiger partial charge in [-0.3, -0.25) is 9.69 Å². The number of carbonyl (C=O) groups is 1. The van der Waals surface area contributed by atoms with Gasteiger partial charge in [-0.1, -0.05) is 36.9 Å². The van der Waals surface area contributed by atoms with E-state index in [1.54, 1.807) is 29.1 Å². The van der Waals surface area contributed by atoms with Crippen molar-refractivity contribution >= 4 is 34.0 Å². The van der Waals surface area contributed by atoms with Gasteiger partial charge < -0.3 is 24.5 Å². The molecule has 0 aromatic heterocycles. The molecule has 3 aromatic carbocycles. The van der Waals surface area contributed by atoms with Crippen LogP contribution in [0.25, 0.3) is 11.1 Å². The van der Waals surface area contributed by atoms with E-state index in [-0.39, 0.29) is 12.5 Å². The lowest BCUT2D eigenvalue weighted by Crippen LogP contribution is -2.53. The highest BCUT2D eigenvalue weighted by Crippen LogP contribution is 2.50. The van der Waals surface area contributed by atoms with Crippen LogP contribution in [0.3, 0.4) is 0 Å². The maximum absolute atomic E-state index is 13.3. The number of nitrogens with zero attached hydrogens (tertiary/aromatic N) is 6. The van der Waals surface area contributed by atoms with E-state index in [0.717, 1.165) is 67.1 Å². The van der Waals surface area contributed by atoms with Crippen molar-refractivity contribution in [2.24, 2.45) is 5.84 Å². The number of hydrazine groups is 2. The van der Waals surface area contributed by atoms with Crippen LogP contribution in [0.2, 0.25) is 0 Å². The van der Waals surface area contributed by atoms with Crippen molar-refractivity contribution in [2.45, 2.75) is 18.4 Å². The lowest BCUT2D eigenvalue weighted by Gasteiger charge is -2.40. The number of amides is 1. The van der Waals surface area contributed by atoms with E-state index in [9.17, 15) is 14.1 Å². The predicted molar refractivity (Wildman–Crippen MR) is 195 cm³/mol. The fourth-order valence-corrected chi connectivity index (χ4v) is 6.84. The van der Waals surface area contributed by atoms with Gasteiger partial charge in [0, 0.05) is 82.0 Å². The van der Waals surface area contributed by atoms with Gasteiger partial charge in [-0.25, -0.2) is 15.1 Å². The summed E-state index contributed by atoms with van der Waals surface area (Å²) in [7, 11) is 2.46. The van der Waals surface area contributed by atoms with Crippen molar-refractivity contribution in [1.82, 2.24) is 30.5 Å². The zero-order valence-corrected chi connectivity index (χ0v) is 29.5. The Hall–Kier alpha value is -3.90. The van der Waals surface area contributed by atoms with Crippen LogP contribution in [0.15, 0.2) is 78.7 Å². The van der Waals surface area contributed by atoms with Crippen molar-refractivity contribution in [3.8, 4) is 16.9 Å². The summed E-state index contributed by atoms with van der Waals surface area (Å²) in [4.78, 5) is 31.4. The first-order valence-electron chi connectivity index (χ1n) is 16.8. The van der Waals surface area contributed by atoms with Crippen molar-refractivity contribution in [2.75, 3.05) is 82.7 Å². The molecule has 50 heavy (non-hydrogen) atoms. The Bertz CT molecular complexity index is 1660. The van der Waals surface area contributed by atoms with Crippen LogP contribution < -0.4 is 25.9 Å². The number of para-hydroxylation sites is 1. The Balaban J connectivity index is 0.931. The molecular weight excluding hydrogens is 659 g/mol. The number of likely N-dealkylation sites (N-methyl/N-ethyl adjacent to an activating group) is 2. The molecule has 1 unspecified atom stereocenters. The van der Waals surface area contributed by atoms with Crippen LogP contribution >= 0.6 is 0 Å². The molecule has 6 rings (SSSR count). The molecule has 5 N–H and O–H groups in total. The molecule has 1 amide bonds. The predicted octanol–water partition coefficient (Wildman–Crippen LogP) is 2.69. The van der Waals surface area contributed by atoms with E-state index in [0.29, 0.717) is 42.9 Å². The van der Waals surface area contributed by atoms with Crippen molar-refractivity contribution in [1.29, 1.82) is 0 Å². The second-order valence-electron chi connectivity index (χ2n) is 13.0. The number of rotatable bonds is 15. The largest absolute Gasteiger partial charge is 0.409 e. The number of fused-ring (bicyclic) bond motifs is 1. The zero-order chi connectivity index (χ0) is 35.3. The highest BCUT2D eigenvalue weighted by atomic mass is 32.2. The standard InChI is InChI=1S/C35H47N9O5S/c1-4-50(47)38-31-8-6-5-7-30(31)27-9-11-28(12-10-27)34(45)42-18-15-35(46,16-19-42)26-40(3)49-44(36)43-32-14-13-29(25-33(32)43)48-37-17-20-41-23-21-39(2)22-24-41/h4-14,25,37-38,46H,1,15-24,26,36H2,2-3H3. The van der Waals surface area contributed by atoms with E-state index < -0.39 is 16.6 Å². The molecule has 268 valence electrons. The minimum absolute atomic E-state index is 0.0941. The number of benzene rings is 3. The molecule has 15 heteroatoms. The van der Waals surface area contributed by atoms with Crippen molar-refractivity contribution < 1.29 is 23.9 Å². The van der Waals surface area contributed by atoms with Gasteiger partial charge in [0.15, 0.2) is 0 Å². The fourth-order valence-electron chi connectivity index (χ4n) is 6.36. The molecule has 3 aliphatic rings. The summed E-state index contributed by atoms with van der Waals surface area (Å²) in [6.45, 7) is 10.5. The van der Waals surface area contributed by atoms with Gasteiger partial charge in [0.25, 0.3) is 5.91 Å². The monoisotopic (exact) mass is 705 g/mol. The minimum Gasteiger partial charge on any atom is -0.409 e. The number of hydroxylamine groups is 3. The molecule has 2 saturated heterocycles. The fraction of sp³-hybridized carbons (Fsp3) is 0.400. The first kappa shape index (κ1) is 35.9. The van der Waals surface area contributed by atoms with Gasteiger partial charge in [0.05, 0.1) is 29.2 Å². The van der Waals surface area contributed by atoms with Gasteiger partial charge in [0.2, 0.25) is 0 Å². The highest BCUT2D eigenvalue weighted by Gasteiger charge is 2.39. The topological polar surface area (TPSA) is 142 Å². The summed E-state index contributed by atoms with van der Waals surface area (Å²) in [5.74, 6) is 6.81. The van der Waals surface area contributed by atoms with Crippen molar-refractivity contribution in [3.05, 3.63) is 84.3 Å². The van der Waals surface area contributed by atoms with Crippen LogP contribution in [0.1, 0.15) is 23.2 Å². The van der Waals surface area contributed by atoms with Gasteiger partial charge in [0.1, 0.15) is 16.7 Å². The van der Waals surface area contributed by atoms with Gasteiger partial charge in [-0.15, -0.1) is 0 Å². The number of aliphatic hydroxyl groups is 1. The number of hydrogen-bond donors (Lipinski definition) is 4. The van der Waals surface area contributed by atoms with E-state index >= 15 is 0 Å². The van der Waals surface area contributed by atoms with Gasteiger partial charge in [-0.2, -0.15) is 15.5 Å². The maximum atomic E-state index is 13.3. The lowest BCUT2D eigenvalue weighted by atomic mass is 9.91.